The minimum Gasteiger partial charge on any atom is -0.508 e. The molecule has 0 bridgehead atoms. The number of benzene rings is 2. The quantitative estimate of drug-likeness (QED) is 0.667. The molecule has 0 saturated heterocycles. The summed E-state index contributed by atoms with van der Waals surface area (Å²) in [7, 11) is 0. The van der Waals surface area contributed by atoms with Crippen LogP contribution in [0.3, 0.4) is 0 Å². The standard InChI is InChI=1S/C21H20O5/c1-12(17-6-4-14(8-19(17)22)13-2-3-13)26-16-5-7-18-15(9-21(23)24)11-25-20(18)10-16/h4-8,10-13,22H,2-3,9H2,1H3,(H,23,24). The number of phenols is 1. The highest BCUT2D eigenvalue weighted by Gasteiger charge is 2.25. The van der Waals surface area contributed by atoms with E-state index in [9.17, 15) is 9.90 Å². The topological polar surface area (TPSA) is 79.9 Å². The summed E-state index contributed by atoms with van der Waals surface area (Å²) in [6.45, 7) is 1.88. The molecule has 134 valence electrons. The van der Waals surface area contributed by atoms with Gasteiger partial charge in [-0.2, -0.15) is 0 Å². The van der Waals surface area contributed by atoms with E-state index in [0.717, 1.165) is 10.9 Å². The Morgan fingerprint density at radius 2 is 2.08 bits per heavy atom. The lowest BCUT2D eigenvalue weighted by atomic mass is 10.0. The lowest BCUT2D eigenvalue weighted by molar-refractivity contribution is -0.136. The van der Waals surface area contributed by atoms with Gasteiger partial charge < -0.3 is 19.4 Å². The summed E-state index contributed by atoms with van der Waals surface area (Å²) in [5.74, 6) is 0.552. The van der Waals surface area contributed by atoms with Gasteiger partial charge in [0, 0.05) is 22.6 Å². The molecule has 2 N–H and O–H groups in total. The van der Waals surface area contributed by atoms with Gasteiger partial charge in [0.2, 0.25) is 0 Å². The first-order chi connectivity index (χ1) is 12.5. The number of aromatic hydroxyl groups is 1. The molecule has 2 aromatic carbocycles. The Morgan fingerprint density at radius 1 is 1.27 bits per heavy atom. The van der Waals surface area contributed by atoms with E-state index in [1.54, 1.807) is 18.2 Å². The SMILES string of the molecule is CC(Oc1ccc2c(CC(=O)O)coc2c1)c1ccc(C2CC2)cc1O. The van der Waals surface area contributed by atoms with Crippen LogP contribution in [0, 0.1) is 0 Å². The van der Waals surface area contributed by atoms with Crippen LogP contribution in [0.2, 0.25) is 0 Å². The van der Waals surface area contributed by atoms with Crippen molar-refractivity contribution in [2.45, 2.75) is 38.2 Å². The van der Waals surface area contributed by atoms with Gasteiger partial charge in [-0.1, -0.05) is 12.1 Å². The molecular formula is C21H20O5. The van der Waals surface area contributed by atoms with Crippen LogP contribution in [-0.4, -0.2) is 16.2 Å². The summed E-state index contributed by atoms with van der Waals surface area (Å²) < 4.78 is 11.4. The number of carboxylic acids is 1. The fraction of sp³-hybridized carbons (Fsp3) is 0.286. The summed E-state index contributed by atoms with van der Waals surface area (Å²) in [6, 6.07) is 11.1. The van der Waals surface area contributed by atoms with Crippen molar-refractivity contribution in [3.05, 3.63) is 59.4 Å². The molecular weight excluding hydrogens is 332 g/mol. The molecule has 1 atom stereocenters. The molecule has 5 heteroatoms. The Morgan fingerprint density at radius 3 is 2.77 bits per heavy atom. The van der Waals surface area contributed by atoms with Gasteiger partial charge in [0.1, 0.15) is 23.2 Å². The zero-order valence-electron chi connectivity index (χ0n) is 14.4. The van der Waals surface area contributed by atoms with Crippen molar-refractivity contribution >= 4 is 16.9 Å². The minimum atomic E-state index is -0.897. The van der Waals surface area contributed by atoms with Gasteiger partial charge in [-0.25, -0.2) is 0 Å². The number of ether oxygens (including phenoxy) is 1. The van der Waals surface area contributed by atoms with Crippen molar-refractivity contribution in [3.8, 4) is 11.5 Å². The van der Waals surface area contributed by atoms with Crippen molar-refractivity contribution in [1.29, 1.82) is 0 Å². The largest absolute Gasteiger partial charge is 0.508 e. The summed E-state index contributed by atoms with van der Waals surface area (Å²) in [5, 5.41) is 20.0. The second-order valence-electron chi connectivity index (χ2n) is 6.84. The Hall–Kier alpha value is -2.95. The number of carboxylic acid groups (broad SMARTS) is 1. The molecule has 0 radical (unpaired) electrons. The predicted molar refractivity (Wildman–Crippen MR) is 96.7 cm³/mol. The van der Waals surface area contributed by atoms with Gasteiger partial charge in [-0.15, -0.1) is 0 Å². The molecule has 1 fully saturated rings. The smallest absolute Gasteiger partial charge is 0.307 e. The monoisotopic (exact) mass is 352 g/mol. The van der Waals surface area contributed by atoms with Gasteiger partial charge in [0.25, 0.3) is 0 Å². The second-order valence-corrected chi connectivity index (χ2v) is 6.84. The highest BCUT2D eigenvalue weighted by atomic mass is 16.5. The maximum absolute atomic E-state index is 10.9. The van der Waals surface area contributed by atoms with Crippen LogP contribution in [0.25, 0.3) is 11.0 Å². The van der Waals surface area contributed by atoms with Gasteiger partial charge >= 0.3 is 5.97 Å². The molecule has 0 spiro atoms. The van der Waals surface area contributed by atoms with E-state index >= 15 is 0 Å². The molecule has 4 rings (SSSR count). The zero-order chi connectivity index (χ0) is 18.3. The van der Waals surface area contributed by atoms with E-state index in [1.807, 2.05) is 19.1 Å². The molecule has 1 aliphatic carbocycles. The van der Waals surface area contributed by atoms with Gasteiger partial charge in [-0.3, -0.25) is 4.79 Å². The van der Waals surface area contributed by atoms with Gasteiger partial charge in [0.05, 0.1) is 12.7 Å². The molecule has 1 aromatic heterocycles. The first kappa shape index (κ1) is 16.5. The summed E-state index contributed by atoms with van der Waals surface area (Å²) in [6.07, 6.45) is 3.45. The number of aliphatic carboxylic acids is 1. The van der Waals surface area contributed by atoms with E-state index in [1.165, 1.54) is 24.7 Å². The highest BCUT2D eigenvalue weighted by Crippen LogP contribution is 2.42. The molecule has 1 aliphatic rings. The van der Waals surface area contributed by atoms with Crippen molar-refractivity contribution < 1.29 is 24.2 Å². The summed E-state index contributed by atoms with van der Waals surface area (Å²) >= 11 is 0. The Kier molecular flexibility index (Phi) is 4.07. The average Bonchev–Trinajstić information content (AvgIpc) is 3.37. The maximum atomic E-state index is 10.9. The Labute approximate surface area is 150 Å². The Bertz CT molecular complexity index is 968. The molecule has 0 aliphatic heterocycles. The maximum Gasteiger partial charge on any atom is 0.307 e. The van der Waals surface area contributed by atoms with E-state index < -0.39 is 5.97 Å². The van der Waals surface area contributed by atoms with Crippen LogP contribution in [0.4, 0.5) is 0 Å². The summed E-state index contributed by atoms with van der Waals surface area (Å²) in [5.41, 5.74) is 3.14. The van der Waals surface area contributed by atoms with Crippen LogP contribution >= 0.6 is 0 Å². The molecule has 1 unspecified atom stereocenters. The van der Waals surface area contributed by atoms with Crippen molar-refractivity contribution in [2.75, 3.05) is 0 Å². The first-order valence-corrected chi connectivity index (χ1v) is 8.72. The summed E-state index contributed by atoms with van der Waals surface area (Å²) in [4.78, 5) is 10.9. The van der Waals surface area contributed by atoms with Gasteiger partial charge in [-0.05, 0) is 49.4 Å². The minimum absolute atomic E-state index is 0.0785. The van der Waals surface area contributed by atoms with E-state index in [4.69, 9.17) is 14.3 Å². The number of hydrogen-bond acceptors (Lipinski definition) is 4. The number of furan rings is 1. The molecule has 1 heterocycles. The first-order valence-electron chi connectivity index (χ1n) is 8.72. The second kappa shape index (κ2) is 6.41. The Balaban J connectivity index is 1.53. The number of rotatable bonds is 6. The number of phenolic OH excluding ortho intramolecular Hbond substituents is 1. The van der Waals surface area contributed by atoms with Crippen LogP contribution in [-0.2, 0) is 11.2 Å². The van der Waals surface area contributed by atoms with Crippen LogP contribution in [0.5, 0.6) is 11.5 Å². The van der Waals surface area contributed by atoms with E-state index in [-0.39, 0.29) is 18.3 Å². The molecule has 1 saturated carbocycles. The predicted octanol–water partition coefficient (Wildman–Crippen LogP) is 4.78. The van der Waals surface area contributed by atoms with Crippen molar-refractivity contribution in [1.82, 2.24) is 0 Å². The lowest BCUT2D eigenvalue weighted by Crippen LogP contribution is -2.03. The van der Waals surface area contributed by atoms with Crippen LogP contribution in [0.1, 0.15) is 48.5 Å². The highest BCUT2D eigenvalue weighted by molar-refractivity contribution is 5.86. The van der Waals surface area contributed by atoms with Crippen LogP contribution < -0.4 is 4.74 Å². The third kappa shape index (κ3) is 3.25. The van der Waals surface area contributed by atoms with E-state index in [0.29, 0.717) is 22.8 Å². The third-order valence-electron chi connectivity index (χ3n) is 4.82. The lowest BCUT2D eigenvalue weighted by Gasteiger charge is -2.17. The normalized spacial score (nSPS) is 15.1. The third-order valence-corrected chi connectivity index (χ3v) is 4.82. The van der Waals surface area contributed by atoms with Crippen molar-refractivity contribution in [2.24, 2.45) is 0 Å². The number of carbonyl (C=O) groups is 1. The number of hydrogen-bond donors (Lipinski definition) is 2. The zero-order valence-corrected chi connectivity index (χ0v) is 14.4. The van der Waals surface area contributed by atoms with Gasteiger partial charge in [0.15, 0.2) is 0 Å². The average molecular weight is 352 g/mol. The molecule has 0 amide bonds. The fourth-order valence-corrected chi connectivity index (χ4v) is 3.28. The van der Waals surface area contributed by atoms with E-state index in [2.05, 4.69) is 6.07 Å². The molecule has 5 nitrogen and oxygen atoms in total. The number of fused-ring (bicyclic) bond motifs is 1. The fourth-order valence-electron chi connectivity index (χ4n) is 3.28. The van der Waals surface area contributed by atoms with Crippen LogP contribution in [0.15, 0.2) is 47.1 Å². The molecule has 26 heavy (non-hydrogen) atoms. The molecule has 3 aromatic rings. The van der Waals surface area contributed by atoms with Crippen molar-refractivity contribution in [3.63, 3.8) is 0 Å².